The zero-order valence-electron chi connectivity index (χ0n) is 16.3. The van der Waals surface area contributed by atoms with Crippen LogP contribution in [0.1, 0.15) is 40.6 Å². The summed E-state index contributed by atoms with van der Waals surface area (Å²) in [5.41, 5.74) is 3.57. The molecule has 8 nitrogen and oxygen atoms in total. The van der Waals surface area contributed by atoms with E-state index in [-0.39, 0.29) is 5.78 Å². The van der Waals surface area contributed by atoms with Gasteiger partial charge in [-0.15, -0.1) is 5.10 Å². The van der Waals surface area contributed by atoms with Gasteiger partial charge in [-0.1, -0.05) is 11.8 Å². The van der Waals surface area contributed by atoms with Crippen molar-refractivity contribution in [3.63, 3.8) is 0 Å². The van der Waals surface area contributed by atoms with Crippen molar-refractivity contribution >= 4 is 17.5 Å². The number of thioether (sulfide) groups is 1. The summed E-state index contributed by atoms with van der Waals surface area (Å²) in [6.07, 6.45) is 2.20. The number of nitrogens with zero attached hydrogens (tertiary/aromatic N) is 5. The SMILES string of the molecule is Cc1cc(C(=O)CSc2nnnn2C2CC2)c(C)n1-c1ccc2c(c1)OCCO2. The molecule has 3 heterocycles. The van der Waals surface area contributed by atoms with Crippen molar-refractivity contribution in [3.05, 3.63) is 41.2 Å². The summed E-state index contributed by atoms with van der Waals surface area (Å²) in [6, 6.07) is 8.20. The number of ether oxygens (including phenoxy) is 2. The zero-order valence-corrected chi connectivity index (χ0v) is 17.1. The van der Waals surface area contributed by atoms with Crippen LogP contribution in [0.2, 0.25) is 0 Å². The number of carbonyl (C=O) groups is 1. The Labute approximate surface area is 172 Å². The van der Waals surface area contributed by atoms with E-state index in [1.807, 2.05) is 42.8 Å². The Morgan fingerprint density at radius 2 is 1.97 bits per heavy atom. The van der Waals surface area contributed by atoms with Gasteiger partial charge in [0.1, 0.15) is 13.2 Å². The molecule has 0 atom stereocenters. The summed E-state index contributed by atoms with van der Waals surface area (Å²) in [6.45, 7) is 5.08. The minimum absolute atomic E-state index is 0.0669. The molecule has 0 N–H and O–H groups in total. The van der Waals surface area contributed by atoms with Crippen LogP contribution in [0, 0.1) is 13.8 Å². The van der Waals surface area contributed by atoms with E-state index in [4.69, 9.17) is 9.47 Å². The van der Waals surface area contributed by atoms with Gasteiger partial charge in [0.25, 0.3) is 0 Å². The highest BCUT2D eigenvalue weighted by atomic mass is 32.2. The van der Waals surface area contributed by atoms with Crippen molar-refractivity contribution in [2.24, 2.45) is 0 Å². The number of benzene rings is 1. The first-order valence-corrected chi connectivity index (χ1v) is 10.6. The number of hydrogen-bond donors (Lipinski definition) is 0. The Hall–Kier alpha value is -2.81. The van der Waals surface area contributed by atoms with Gasteiger partial charge in [-0.05, 0) is 55.3 Å². The van der Waals surface area contributed by atoms with Crippen LogP contribution < -0.4 is 9.47 Å². The smallest absolute Gasteiger partial charge is 0.210 e. The largest absolute Gasteiger partial charge is 0.486 e. The average molecular weight is 411 g/mol. The molecule has 29 heavy (non-hydrogen) atoms. The van der Waals surface area contributed by atoms with E-state index >= 15 is 0 Å². The van der Waals surface area contributed by atoms with Gasteiger partial charge in [-0.25, -0.2) is 4.68 Å². The molecule has 9 heteroatoms. The van der Waals surface area contributed by atoms with E-state index in [1.54, 1.807) is 0 Å². The van der Waals surface area contributed by atoms with Crippen LogP contribution in [0.15, 0.2) is 29.4 Å². The van der Waals surface area contributed by atoms with Gasteiger partial charge in [-0.2, -0.15) is 0 Å². The molecular weight excluding hydrogens is 390 g/mol. The van der Waals surface area contributed by atoms with Crippen LogP contribution in [0.25, 0.3) is 5.69 Å². The number of hydrogen-bond acceptors (Lipinski definition) is 7. The summed E-state index contributed by atoms with van der Waals surface area (Å²) in [4.78, 5) is 12.9. The topological polar surface area (TPSA) is 84.1 Å². The average Bonchev–Trinajstić information content (AvgIpc) is 3.39. The molecular formula is C20H21N5O3S. The monoisotopic (exact) mass is 411 g/mol. The highest BCUT2D eigenvalue weighted by molar-refractivity contribution is 7.99. The fraction of sp³-hybridized carbons (Fsp3) is 0.400. The van der Waals surface area contributed by atoms with Crippen LogP contribution in [0.4, 0.5) is 0 Å². The first-order valence-electron chi connectivity index (χ1n) is 9.64. The highest BCUT2D eigenvalue weighted by Crippen LogP contribution is 2.37. The van der Waals surface area contributed by atoms with Crippen molar-refractivity contribution < 1.29 is 14.3 Å². The fourth-order valence-corrected chi connectivity index (χ4v) is 4.48. The molecule has 0 saturated heterocycles. The summed E-state index contributed by atoms with van der Waals surface area (Å²) < 4.78 is 15.2. The van der Waals surface area contributed by atoms with Gasteiger partial charge >= 0.3 is 0 Å². The predicted octanol–water partition coefficient (Wildman–Crippen LogP) is 3.16. The minimum atomic E-state index is 0.0669. The summed E-state index contributed by atoms with van der Waals surface area (Å²) >= 11 is 1.39. The molecule has 0 amide bonds. The second-order valence-corrected chi connectivity index (χ2v) is 8.24. The van der Waals surface area contributed by atoms with Crippen molar-refractivity contribution in [2.45, 2.75) is 37.9 Å². The lowest BCUT2D eigenvalue weighted by molar-refractivity contribution is 0.102. The third kappa shape index (κ3) is 3.39. The maximum Gasteiger partial charge on any atom is 0.210 e. The summed E-state index contributed by atoms with van der Waals surface area (Å²) in [7, 11) is 0. The molecule has 150 valence electrons. The molecule has 0 spiro atoms. The van der Waals surface area contributed by atoms with E-state index < -0.39 is 0 Å². The van der Waals surface area contributed by atoms with Crippen molar-refractivity contribution in [3.8, 4) is 17.2 Å². The first-order chi connectivity index (χ1) is 14.1. The number of Topliss-reactive ketones (excluding diaryl/α,β-unsaturated/α-hetero) is 1. The molecule has 1 saturated carbocycles. The van der Waals surface area contributed by atoms with Gasteiger partial charge in [0, 0.05) is 28.7 Å². The van der Waals surface area contributed by atoms with Crippen LogP contribution in [0.5, 0.6) is 11.5 Å². The van der Waals surface area contributed by atoms with Gasteiger partial charge in [0.2, 0.25) is 5.16 Å². The lowest BCUT2D eigenvalue weighted by atomic mass is 10.2. The second kappa shape index (κ2) is 7.22. The Morgan fingerprint density at radius 3 is 2.76 bits per heavy atom. The third-order valence-electron chi connectivity index (χ3n) is 5.20. The number of fused-ring (bicyclic) bond motifs is 1. The Balaban J connectivity index is 1.37. The van der Waals surface area contributed by atoms with Crippen molar-refractivity contribution in [1.82, 2.24) is 24.8 Å². The van der Waals surface area contributed by atoms with Crippen LogP contribution in [-0.2, 0) is 0 Å². The zero-order chi connectivity index (χ0) is 20.0. The summed E-state index contributed by atoms with van der Waals surface area (Å²) in [5.74, 6) is 1.86. The number of tetrazole rings is 1. The third-order valence-corrected chi connectivity index (χ3v) is 6.14. The van der Waals surface area contributed by atoms with Crippen LogP contribution in [-0.4, -0.2) is 49.5 Å². The molecule has 0 radical (unpaired) electrons. The molecule has 2 aliphatic rings. The van der Waals surface area contributed by atoms with Gasteiger partial charge in [0.15, 0.2) is 17.3 Å². The van der Waals surface area contributed by atoms with Gasteiger partial charge in [0.05, 0.1) is 11.8 Å². The summed E-state index contributed by atoms with van der Waals surface area (Å²) in [5, 5.41) is 12.6. The second-order valence-electron chi connectivity index (χ2n) is 7.30. The lowest BCUT2D eigenvalue weighted by Gasteiger charge is -2.20. The lowest BCUT2D eigenvalue weighted by Crippen LogP contribution is -2.15. The number of aryl methyl sites for hydroxylation is 1. The van der Waals surface area contributed by atoms with Crippen LogP contribution >= 0.6 is 11.8 Å². The van der Waals surface area contributed by atoms with E-state index in [9.17, 15) is 4.79 Å². The minimum Gasteiger partial charge on any atom is -0.486 e. The maximum absolute atomic E-state index is 12.9. The van der Waals surface area contributed by atoms with E-state index in [1.165, 1.54) is 11.8 Å². The van der Waals surface area contributed by atoms with Gasteiger partial charge in [-0.3, -0.25) is 4.79 Å². The Kier molecular flexibility index (Phi) is 4.54. The molecule has 0 unspecified atom stereocenters. The highest BCUT2D eigenvalue weighted by Gasteiger charge is 2.28. The molecule has 2 aromatic heterocycles. The number of carbonyl (C=O) groups excluding carboxylic acids is 1. The Morgan fingerprint density at radius 1 is 1.17 bits per heavy atom. The first kappa shape index (κ1) is 18.2. The molecule has 0 bridgehead atoms. The maximum atomic E-state index is 12.9. The van der Waals surface area contributed by atoms with Gasteiger partial charge < -0.3 is 14.0 Å². The fourth-order valence-electron chi connectivity index (χ4n) is 3.65. The molecule has 3 aromatic rings. The number of rotatable bonds is 6. The van der Waals surface area contributed by atoms with E-state index in [0.717, 1.165) is 47.0 Å². The molecule has 5 rings (SSSR count). The van der Waals surface area contributed by atoms with Crippen molar-refractivity contribution in [2.75, 3.05) is 19.0 Å². The normalized spacial score (nSPS) is 15.5. The molecule has 1 fully saturated rings. The van der Waals surface area contributed by atoms with E-state index in [2.05, 4.69) is 20.1 Å². The predicted molar refractivity (Wildman–Crippen MR) is 107 cm³/mol. The number of ketones is 1. The molecule has 1 aromatic carbocycles. The van der Waals surface area contributed by atoms with Crippen molar-refractivity contribution in [1.29, 1.82) is 0 Å². The quantitative estimate of drug-likeness (QED) is 0.455. The Bertz CT molecular complexity index is 1090. The molecule has 1 aliphatic heterocycles. The molecule has 1 aliphatic carbocycles. The standard InChI is InChI=1S/C20H21N5O3S/c1-12-9-16(17(26)11-29-20-21-22-23-25(20)14-3-4-14)13(2)24(12)15-5-6-18-19(10-15)28-8-7-27-18/h5-6,9-10,14H,3-4,7-8,11H2,1-2H3. The number of aromatic nitrogens is 5. The van der Waals surface area contributed by atoms with Crippen LogP contribution in [0.3, 0.4) is 0 Å². The van der Waals surface area contributed by atoms with E-state index in [0.29, 0.717) is 30.2 Å².